The maximum Gasteiger partial charge on any atom is 0.357 e. The van der Waals surface area contributed by atoms with Crippen LogP contribution in [0.25, 0.3) is 16.6 Å². The molecule has 0 amide bonds. The molecule has 25 heavy (non-hydrogen) atoms. The molecule has 0 fully saturated rings. The van der Waals surface area contributed by atoms with Gasteiger partial charge in [0, 0.05) is 38.2 Å². The highest BCUT2D eigenvalue weighted by Gasteiger charge is 2.18. The third-order valence-electron chi connectivity index (χ3n) is 3.79. The number of carboxylic acids is 1. The van der Waals surface area contributed by atoms with Crippen molar-refractivity contribution in [2.45, 2.75) is 32.4 Å². The van der Waals surface area contributed by atoms with Crippen LogP contribution in [0.4, 0.5) is 0 Å². The smallest absolute Gasteiger partial charge is 0.357 e. The van der Waals surface area contributed by atoms with Gasteiger partial charge in [0.2, 0.25) is 0 Å². The topological polar surface area (TPSA) is 94.5 Å². The second-order valence-corrected chi connectivity index (χ2v) is 12.7. The van der Waals surface area contributed by atoms with Gasteiger partial charge in [-0.25, -0.2) is 14.0 Å². The molecule has 0 aromatic carbocycles. The number of carboxylic acid groups (broad SMARTS) is 1. The Labute approximate surface area is 146 Å². The summed E-state index contributed by atoms with van der Waals surface area (Å²) in [5.41, 5.74) is 2.07. The van der Waals surface area contributed by atoms with Gasteiger partial charge in [-0.1, -0.05) is 30.9 Å². The van der Waals surface area contributed by atoms with Crippen LogP contribution in [0.15, 0.2) is 30.7 Å². The first kappa shape index (κ1) is 17.3. The number of aromatic nitrogens is 5. The van der Waals surface area contributed by atoms with Gasteiger partial charge in [-0.3, -0.25) is 0 Å². The van der Waals surface area contributed by atoms with Crippen LogP contribution in [-0.2, 0) is 11.5 Å². The summed E-state index contributed by atoms with van der Waals surface area (Å²) >= 11 is 0. The number of aromatic carboxylic acids is 1. The Hall–Kier alpha value is -2.52. The second kappa shape index (κ2) is 6.77. The standard InChI is InChI=1S/C16H21N5O3Si/c1-25(2,3)7-6-24-11-20-10-14(15(18-20)16(22)23)12-4-5-13-8-17-19-21(13)9-12/h4-5,8-10H,6-7,11H2,1-3H3,(H,22,23). The van der Waals surface area contributed by atoms with E-state index in [2.05, 4.69) is 35.1 Å². The van der Waals surface area contributed by atoms with Gasteiger partial charge in [0.15, 0.2) is 5.69 Å². The molecular weight excluding hydrogens is 338 g/mol. The number of rotatable bonds is 7. The molecule has 3 aromatic rings. The molecule has 0 unspecified atom stereocenters. The van der Waals surface area contributed by atoms with Crippen molar-refractivity contribution < 1.29 is 14.6 Å². The summed E-state index contributed by atoms with van der Waals surface area (Å²) < 4.78 is 8.77. The average Bonchev–Trinajstić information content (AvgIpc) is 3.16. The molecule has 3 aromatic heterocycles. The molecular formula is C16H21N5O3Si. The first-order valence-electron chi connectivity index (χ1n) is 8.02. The van der Waals surface area contributed by atoms with E-state index < -0.39 is 14.0 Å². The Morgan fingerprint density at radius 2 is 2.08 bits per heavy atom. The first-order valence-corrected chi connectivity index (χ1v) is 11.7. The summed E-state index contributed by atoms with van der Waals surface area (Å²) in [4.78, 5) is 11.5. The molecule has 0 aliphatic rings. The van der Waals surface area contributed by atoms with Crippen LogP contribution < -0.4 is 0 Å². The maximum absolute atomic E-state index is 11.5. The van der Waals surface area contributed by atoms with E-state index in [1.807, 2.05) is 12.1 Å². The summed E-state index contributed by atoms with van der Waals surface area (Å²) in [5.74, 6) is -1.07. The SMILES string of the molecule is C[Si](C)(C)CCOCn1cc(-c2ccc3cnnn3c2)c(C(=O)O)n1. The number of nitrogens with zero attached hydrogens (tertiary/aromatic N) is 5. The quantitative estimate of drug-likeness (QED) is 0.515. The van der Waals surface area contributed by atoms with Gasteiger partial charge in [0.05, 0.1) is 11.7 Å². The molecule has 3 rings (SSSR count). The Kier molecular flexibility index (Phi) is 4.68. The molecule has 0 radical (unpaired) electrons. The third-order valence-corrected chi connectivity index (χ3v) is 5.50. The Morgan fingerprint density at radius 1 is 1.28 bits per heavy atom. The van der Waals surface area contributed by atoms with Gasteiger partial charge < -0.3 is 9.84 Å². The Balaban J connectivity index is 1.81. The minimum atomic E-state index is -1.16. The molecule has 132 valence electrons. The summed E-state index contributed by atoms with van der Waals surface area (Å²) in [5, 5.41) is 21.4. The molecule has 0 saturated heterocycles. The average molecular weight is 359 g/mol. The molecule has 0 bridgehead atoms. The van der Waals surface area contributed by atoms with E-state index in [-0.39, 0.29) is 12.4 Å². The van der Waals surface area contributed by atoms with Crippen LogP contribution >= 0.6 is 0 Å². The van der Waals surface area contributed by atoms with Gasteiger partial charge in [0.25, 0.3) is 0 Å². The lowest BCUT2D eigenvalue weighted by molar-refractivity contribution is 0.0672. The Morgan fingerprint density at radius 3 is 2.80 bits per heavy atom. The summed E-state index contributed by atoms with van der Waals surface area (Å²) in [6, 6.07) is 4.72. The fourth-order valence-electron chi connectivity index (χ4n) is 2.37. The van der Waals surface area contributed by atoms with Crippen molar-refractivity contribution in [3.63, 3.8) is 0 Å². The Bertz CT molecular complexity index is 897. The molecule has 0 spiro atoms. The fraction of sp³-hybridized carbons (Fsp3) is 0.375. The number of pyridine rings is 1. The molecule has 0 aliphatic carbocycles. The lowest BCUT2D eigenvalue weighted by atomic mass is 10.1. The highest BCUT2D eigenvalue weighted by atomic mass is 28.3. The van der Waals surface area contributed by atoms with E-state index in [9.17, 15) is 9.90 Å². The predicted octanol–water partition coefficient (Wildman–Crippen LogP) is 2.60. The molecule has 3 heterocycles. The largest absolute Gasteiger partial charge is 0.476 e. The van der Waals surface area contributed by atoms with E-state index in [1.54, 1.807) is 23.1 Å². The highest BCUT2D eigenvalue weighted by molar-refractivity contribution is 6.76. The lowest BCUT2D eigenvalue weighted by Gasteiger charge is -2.15. The van der Waals surface area contributed by atoms with Gasteiger partial charge in [-0.2, -0.15) is 5.10 Å². The zero-order valence-electron chi connectivity index (χ0n) is 14.5. The summed E-state index contributed by atoms with van der Waals surface area (Å²) in [6.45, 7) is 7.73. The van der Waals surface area contributed by atoms with Crippen LogP contribution in [0.1, 0.15) is 10.5 Å². The zero-order valence-corrected chi connectivity index (χ0v) is 15.5. The zero-order chi connectivity index (χ0) is 18.0. The van der Waals surface area contributed by atoms with Crippen molar-refractivity contribution in [3.8, 4) is 11.1 Å². The van der Waals surface area contributed by atoms with Gasteiger partial charge in [0.1, 0.15) is 6.73 Å². The monoisotopic (exact) mass is 359 g/mol. The fourth-order valence-corrected chi connectivity index (χ4v) is 3.13. The van der Waals surface area contributed by atoms with Crippen molar-refractivity contribution in [3.05, 3.63) is 36.4 Å². The van der Waals surface area contributed by atoms with Crippen molar-refractivity contribution in [2.75, 3.05) is 6.61 Å². The van der Waals surface area contributed by atoms with E-state index in [0.29, 0.717) is 17.7 Å². The van der Waals surface area contributed by atoms with Crippen LogP contribution in [0.5, 0.6) is 0 Å². The number of hydrogen-bond acceptors (Lipinski definition) is 5. The molecule has 0 atom stereocenters. The number of fused-ring (bicyclic) bond motifs is 1. The van der Waals surface area contributed by atoms with Gasteiger partial charge in [-0.05, 0) is 12.1 Å². The maximum atomic E-state index is 11.5. The van der Waals surface area contributed by atoms with Crippen LogP contribution in [0.2, 0.25) is 25.7 Å². The molecule has 1 N–H and O–H groups in total. The van der Waals surface area contributed by atoms with E-state index in [4.69, 9.17) is 4.74 Å². The molecule has 0 aliphatic heterocycles. The minimum absolute atomic E-state index is 0.00624. The highest BCUT2D eigenvalue weighted by Crippen LogP contribution is 2.23. The van der Waals surface area contributed by atoms with Crippen LogP contribution in [0, 0.1) is 0 Å². The second-order valence-electron chi connectivity index (χ2n) is 7.11. The predicted molar refractivity (Wildman–Crippen MR) is 95.3 cm³/mol. The van der Waals surface area contributed by atoms with Crippen LogP contribution in [-0.4, -0.2) is 50.4 Å². The van der Waals surface area contributed by atoms with Crippen molar-refractivity contribution in [2.24, 2.45) is 0 Å². The van der Waals surface area contributed by atoms with Gasteiger partial charge in [-0.15, -0.1) is 5.10 Å². The number of carbonyl (C=O) groups is 1. The van der Waals surface area contributed by atoms with E-state index >= 15 is 0 Å². The van der Waals surface area contributed by atoms with E-state index in [0.717, 1.165) is 11.6 Å². The third kappa shape index (κ3) is 4.12. The molecule has 8 nitrogen and oxygen atoms in total. The summed E-state index contributed by atoms with van der Waals surface area (Å²) in [7, 11) is -1.16. The molecule has 9 heteroatoms. The number of ether oxygens (including phenoxy) is 1. The minimum Gasteiger partial charge on any atom is -0.476 e. The molecule has 0 saturated carbocycles. The lowest BCUT2D eigenvalue weighted by Crippen LogP contribution is -2.22. The number of hydrogen-bond donors (Lipinski definition) is 1. The normalized spacial score (nSPS) is 12.0. The van der Waals surface area contributed by atoms with Crippen molar-refractivity contribution in [1.29, 1.82) is 0 Å². The van der Waals surface area contributed by atoms with Crippen molar-refractivity contribution in [1.82, 2.24) is 24.6 Å². The van der Waals surface area contributed by atoms with Crippen LogP contribution in [0.3, 0.4) is 0 Å². The first-order chi connectivity index (χ1) is 11.8. The van der Waals surface area contributed by atoms with E-state index in [1.165, 1.54) is 4.68 Å². The van der Waals surface area contributed by atoms with Gasteiger partial charge >= 0.3 is 5.97 Å². The summed E-state index contributed by atoms with van der Waals surface area (Å²) in [6.07, 6.45) is 5.07. The van der Waals surface area contributed by atoms with Crippen molar-refractivity contribution >= 4 is 19.6 Å².